The third-order valence-electron chi connectivity index (χ3n) is 4.39. The van der Waals surface area contributed by atoms with Gasteiger partial charge in [-0.05, 0) is 30.2 Å². The molecule has 6 nitrogen and oxygen atoms in total. The molecule has 1 atom stereocenters. The minimum Gasteiger partial charge on any atom is -0.426 e. The van der Waals surface area contributed by atoms with E-state index in [4.69, 9.17) is 4.74 Å². The Morgan fingerprint density at radius 1 is 0.967 bits per heavy atom. The Morgan fingerprint density at radius 2 is 1.53 bits per heavy atom. The molecule has 0 aliphatic carbocycles. The molecular formula is C22H18Br2N2O4. The molecular weight excluding hydrogens is 516 g/mol. The number of halogens is 2. The first-order valence-corrected chi connectivity index (χ1v) is 10.5. The van der Waals surface area contributed by atoms with Gasteiger partial charge in [-0.15, -0.1) is 0 Å². The summed E-state index contributed by atoms with van der Waals surface area (Å²) in [6, 6.07) is 16.7. The lowest BCUT2D eigenvalue weighted by atomic mass is 10.00. The number of carbonyl (C=O) groups is 1. The van der Waals surface area contributed by atoms with Crippen LogP contribution < -0.4 is 5.56 Å². The molecule has 0 bridgehead atoms. The molecule has 8 heteroatoms. The second-order valence-corrected chi connectivity index (χ2v) is 8.36. The van der Waals surface area contributed by atoms with Crippen LogP contribution in [0.3, 0.4) is 0 Å². The number of aryl methyl sites for hydroxylation is 1. The van der Waals surface area contributed by atoms with Crippen molar-refractivity contribution in [2.24, 2.45) is 0 Å². The number of nitrogens with one attached hydrogen (secondary N) is 1. The Morgan fingerprint density at radius 3 is 2.07 bits per heavy atom. The van der Waals surface area contributed by atoms with Gasteiger partial charge in [-0.3, -0.25) is 4.79 Å². The molecule has 2 heterocycles. The second-order valence-electron chi connectivity index (χ2n) is 6.65. The Hall–Kier alpha value is -2.55. The highest BCUT2D eigenvalue weighted by Gasteiger charge is 2.37. The summed E-state index contributed by atoms with van der Waals surface area (Å²) in [5.41, 5.74) is 3.68. The van der Waals surface area contributed by atoms with Gasteiger partial charge >= 0.3 is 5.97 Å². The Labute approximate surface area is 189 Å². The van der Waals surface area contributed by atoms with Crippen molar-refractivity contribution in [2.75, 3.05) is 0 Å². The number of aromatic amines is 1. The zero-order chi connectivity index (χ0) is 21.9. The molecule has 1 aliphatic heterocycles. The van der Waals surface area contributed by atoms with Crippen molar-refractivity contribution in [2.45, 2.75) is 19.6 Å². The number of cyclic esters (lactones) is 1. The number of aliphatic hydroxyl groups is 1. The van der Waals surface area contributed by atoms with Gasteiger partial charge in [0.1, 0.15) is 0 Å². The Kier molecular flexibility index (Phi) is 6.70. The zero-order valence-electron chi connectivity index (χ0n) is 16.1. The number of hydrogen-bond acceptors (Lipinski definition) is 5. The summed E-state index contributed by atoms with van der Waals surface area (Å²) in [5.74, 6) is -2.06. The van der Waals surface area contributed by atoms with Crippen LogP contribution in [0.1, 0.15) is 18.2 Å². The quantitative estimate of drug-likeness (QED) is 0.469. The van der Waals surface area contributed by atoms with E-state index in [9.17, 15) is 14.7 Å². The van der Waals surface area contributed by atoms with E-state index in [1.807, 2.05) is 55.5 Å². The number of H-pyrrole nitrogens is 1. The van der Waals surface area contributed by atoms with E-state index in [0.29, 0.717) is 5.57 Å². The van der Waals surface area contributed by atoms with Crippen LogP contribution in [0.25, 0.3) is 16.7 Å². The third kappa shape index (κ3) is 4.95. The summed E-state index contributed by atoms with van der Waals surface area (Å²) in [4.78, 5) is 22.3. The van der Waals surface area contributed by atoms with Crippen LogP contribution in [0.15, 0.2) is 74.4 Å². The van der Waals surface area contributed by atoms with Gasteiger partial charge in [0.15, 0.2) is 0 Å². The van der Waals surface area contributed by atoms with E-state index >= 15 is 0 Å². The molecule has 2 aromatic carbocycles. The van der Waals surface area contributed by atoms with Crippen LogP contribution >= 0.6 is 31.9 Å². The summed E-state index contributed by atoms with van der Waals surface area (Å²) >= 11 is 6.81. The first kappa shape index (κ1) is 22.1. The van der Waals surface area contributed by atoms with Gasteiger partial charge in [-0.1, -0.05) is 68.3 Å². The normalized spacial score (nSPS) is 17.6. The van der Waals surface area contributed by atoms with E-state index in [0.717, 1.165) is 31.3 Å². The number of hydrogen-bond donors (Lipinski definition) is 2. The molecule has 4 rings (SSSR count). The molecule has 1 unspecified atom stereocenters. The highest BCUT2D eigenvalue weighted by atomic mass is 79.9. The van der Waals surface area contributed by atoms with Gasteiger partial charge in [-0.2, -0.15) is 5.10 Å². The van der Waals surface area contributed by atoms with E-state index in [2.05, 4.69) is 42.1 Å². The largest absolute Gasteiger partial charge is 0.426 e. The molecule has 0 spiro atoms. The van der Waals surface area contributed by atoms with Gasteiger partial charge in [0.2, 0.25) is 5.79 Å². The number of carbonyl (C=O) groups excluding carboxylic acids is 1. The summed E-state index contributed by atoms with van der Waals surface area (Å²) in [6.07, 6.45) is 1.31. The van der Waals surface area contributed by atoms with E-state index in [-0.39, 0.29) is 5.56 Å². The molecule has 0 saturated heterocycles. The van der Waals surface area contributed by atoms with E-state index < -0.39 is 11.8 Å². The highest BCUT2D eigenvalue weighted by Crippen LogP contribution is 2.36. The van der Waals surface area contributed by atoms with Crippen molar-refractivity contribution in [3.05, 3.63) is 91.2 Å². The van der Waals surface area contributed by atoms with Crippen LogP contribution in [0.2, 0.25) is 0 Å². The fourth-order valence-electron chi connectivity index (χ4n) is 2.96. The monoisotopic (exact) mass is 532 g/mol. The summed E-state index contributed by atoms with van der Waals surface area (Å²) < 4.78 is 6.55. The van der Waals surface area contributed by atoms with Gasteiger partial charge < -0.3 is 9.84 Å². The number of rotatable bonds is 2. The smallest absolute Gasteiger partial charge is 0.334 e. The van der Waals surface area contributed by atoms with Crippen LogP contribution in [-0.2, 0) is 9.53 Å². The standard InChI is InChI=1S/C11H9BrN2O.C11H9BrO3/c1-7-9(6-11(15)14-13-7)8-4-2-3-5-10(8)12;1-11(14)8(6-10(13)15-11)7-4-2-3-5-9(7)12/h2-6H,1H3,(H,14,15);2-6,14H,1H3. The molecule has 30 heavy (non-hydrogen) atoms. The van der Waals surface area contributed by atoms with E-state index in [1.165, 1.54) is 13.0 Å². The first-order valence-electron chi connectivity index (χ1n) is 8.92. The molecule has 1 aliphatic rings. The topological polar surface area (TPSA) is 92.3 Å². The van der Waals surface area contributed by atoms with Crippen molar-refractivity contribution >= 4 is 43.4 Å². The molecule has 0 fully saturated rings. The fourth-order valence-corrected chi connectivity index (χ4v) is 3.96. The molecule has 2 N–H and O–H groups in total. The SMILES string of the molecule is CC1(O)OC(=O)C=C1c1ccccc1Br.Cc1n[nH]c(=O)cc1-c1ccccc1Br. The molecule has 3 aromatic rings. The van der Waals surface area contributed by atoms with Crippen molar-refractivity contribution in [1.29, 1.82) is 0 Å². The summed E-state index contributed by atoms with van der Waals surface area (Å²) in [5, 5.41) is 16.2. The van der Waals surface area contributed by atoms with Crippen molar-refractivity contribution in [1.82, 2.24) is 10.2 Å². The van der Waals surface area contributed by atoms with Crippen molar-refractivity contribution < 1.29 is 14.6 Å². The number of nitrogens with zero attached hydrogens (tertiary/aromatic N) is 1. The lowest BCUT2D eigenvalue weighted by Gasteiger charge is -2.20. The van der Waals surface area contributed by atoms with Gasteiger partial charge in [0.25, 0.3) is 5.56 Å². The molecule has 154 valence electrons. The second kappa shape index (κ2) is 9.07. The Bertz CT molecular complexity index is 1190. The lowest BCUT2D eigenvalue weighted by molar-refractivity contribution is -0.169. The highest BCUT2D eigenvalue weighted by molar-refractivity contribution is 9.10. The molecule has 0 radical (unpaired) electrons. The number of ether oxygens (including phenoxy) is 1. The maximum atomic E-state index is 11.2. The van der Waals surface area contributed by atoms with Crippen molar-refractivity contribution in [3.8, 4) is 11.1 Å². The molecule has 0 amide bonds. The molecule has 1 aromatic heterocycles. The number of benzene rings is 2. The number of esters is 1. The summed E-state index contributed by atoms with van der Waals surface area (Å²) in [6.45, 7) is 3.31. The maximum Gasteiger partial charge on any atom is 0.334 e. The van der Waals surface area contributed by atoms with Crippen LogP contribution in [0.4, 0.5) is 0 Å². The minimum atomic E-state index is -1.54. The van der Waals surface area contributed by atoms with E-state index in [1.54, 1.807) is 6.07 Å². The lowest BCUT2D eigenvalue weighted by Crippen LogP contribution is -2.26. The average Bonchev–Trinajstić information content (AvgIpc) is 2.97. The van der Waals surface area contributed by atoms with Crippen molar-refractivity contribution in [3.63, 3.8) is 0 Å². The minimum absolute atomic E-state index is 0.189. The van der Waals surface area contributed by atoms with Crippen LogP contribution in [-0.4, -0.2) is 27.1 Å². The van der Waals surface area contributed by atoms with Crippen LogP contribution in [0.5, 0.6) is 0 Å². The van der Waals surface area contributed by atoms with Crippen LogP contribution in [0, 0.1) is 6.92 Å². The Balaban J connectivity index is 0.000000171. The average molecular weight is 534 g/mol. The number of aromatic nitrogens is 2. The predicted octanol–water partition coefficient (Wildman–Crippen LogP) is 4.61. The van der Waals surface area contributed by atoms with Gasteiger partial charge in [0, 0.05) is 39.1 Å². The zero-order valence-corrected chi connectivity index (χ0v) is 19.3. The first-order chi connectivity index (χ1) is 14.2. The predicted molar refractivity (Wildman–Crippen MR) is 122 cm³/mol. The van der Waals surface area contributed by atoms with Gasteiger partial charge in [-0.25, -0.2) is 9.89 Å². The molecule has 0 saturated carbocycles. The maximum absolute atomic E-state index is 11.2. The third-order valence-corrected chi connectivity index (χ3v) is 5.77. The summed E-state index contributed by atoms with van der Waals surface area (Å²) in [7, 11) is 0. The van der Waals surface area contributed by atoms with Gasteiger partial charge in [0.05, 0.1) is 5.69 Å². The fraction of sp³-hybridized carbons (Fsp3) is 0.136.